The number of carbonyl (C=O) groups is 4. The fourth-order valence-electron chi connectivity index (χ4n) is 13.5. The lowest BCUT2D eigenvalue weighted by atomic mass is 9.91. The fraction of sp³-hybridized carbons (Fsp3) is 0.265. The van der Waals surface area contributed by atoms with E-state index in [1.807, 2.05) is 146 Å². The maximum Gasteiger partial charge on any atom is 0.305 e. The van der Waals surface area contributed by atoms with Crippen LogP contribution in [0.25, 0.3) is 66.0 Å². The van der Waals surface area contributed by atoms with E-state index in [0.717, 1.165) is 66.0 Å². The van der Waals surface area contributed by atoms with Crippen LogP contribution in [0.5, 0.6) is 0 Å². The first-order chi connectivity index (χ1) is 40.6. The van der Waals surface area contributed by atoms with Gasteiger partial charge in [-0.05, 0) is 103 Å². The van der Waals surface area contributed by atoms with Crippen LogP contribution in [0.4, 0.5) is 10.1 Å². The van der Waals surface area contributed by atoms with Crippen molar-refractivity contribution in [3.63, 3.8) is 0 Å². The Kier molecular flexibility index (Phi) is 14.8. The normalized spacial score (nSPS) is 18.6. The molecule has 0 spiro atoms. The van der Waals surface area contributed by atoms with Crippen LogP contribution >= 0.6 is 0 Å². The molecule has 3 aromatic heterocycles. The first kappa shape index (κ1) is 55.6. The van der Waals surface area contributed by atoms with Crippen molar-refractivity contribution in [3.8, 4) is 22.4 Å². The zero-order chi connectivity index (χ0) is 58.7. The number of carboxylic acid groups (broad SMARTS) is 1. The van der Waals surface area contributed by atoms with Gasteiger partial charge < -0.3 is 54.0 Å². The van der Waals surface area contributed by atoms with Crippen molar-refractivity contribution in [2.75, 3.05) is 19.5 Å². The number of anilines is 1. The van der Waals surface area contributed by atoms with Gasteiger partial charge in [-0.2, -0.15) is 0 Å². The maximum absolute atomic E-state index is 14.0. The quantitative estimate of drug-likeness (QED) is 0.0665. The molecule has 6 atom stereocenters. The van der Waals surface area contributed by atoms with Gasteiger partial charge in [0.05, 0.1) is 63.6 Å². The van der Waals surface area contributed by atoms with Crippen LogP contribution in [0.2, 0.25) is 0 Å². The zero-order valence-corrected chi connectivity index (χ0v) is 47.3. The van der Waals surface area contributed by atoms with E-state index in [1.165, 1.54) is 12.1 Å². The predicted molar refractivity (Wildman–Crippen MR) is 322 cm³/mol. The Hall–Kier alpha value is -8.93. The van der Waals surface area contributed by atoms with Gasteiger partial charge in [-0.3, -0.25) is 19.2 Å². The van der Waals surface area contributed by atoms with Gasteiger partial charge in [-0.15, -0.1) is 0 Å². The monoisotopic (exact) mass is 1130 g/mol. The molecule has 0 radical (unpaired) electrons. The van der Waals surface area contributed by atoms with Crippen molar-refractivity contribution in [2.45, 2.75) is 102 Å². The Morgan fingerprint density at radius 2 is 1.40 bits per heavy atom. The summed E-state index contributed by atoms with van der Waals surface area (Å²) in [5, 5.41) is 40.0. The summed E-state index contributed by atoms with van der Waals surface area (Å²) in [7, 11) is 3.57. The van der Waals surface area contributed by atoms with Gasteiger partial charge in [-0.1, -0.05) is 117 Å². The average Bonchev–Trinajstić information content (AvgIpc) is 1.60. The van der Waals surface area contributed by atoms with Crippen molar-refractivity contribution in [2.24, 2.45) is 0 Å². The second-order valence-corrected chi connectivity index (χ2v) is 22.5. The van der Waals surface area contributed by atoms with Gasteiger partial charge in [0.1, 0.15) is 18.1 Å². The van der Waals surface area contributed by atoms with Gasteiger partial charge in [0.25, 0.3) is 17.7 Å². The van der Waals surface area contributed by atoms with Gasteiger partial charge in [0.15, 0.2) is 5.72 Å². The Labute approximate surface area is 484 Å². The van der Waals surface area contributed by atoms with Crippen LogP contribution in [0.1, 0.15) is 101 Å². The van der Waals surface area contributed by atoms with Crippen LogP contribution in [-0.4, -0.2) is 96.1 Å². The summed E-state index contributed by atoms with van der Waals surface area (Å²) >= 11 is 0. The minimum absolute atomic E-state index is 0.0446. The van der Waals surface area contributed by atoms with E-state index in [2.05, 4.69) is 51.0 Å². The molecule has 1 saturated heterocycles. The summed E-state index contributed by atoms with van der Waals surface area (Å²) in [4.78, 5) is 54.3. The Morgan fingerprint density at radius 1 is 0.786 bits per heavy atom. The lowest BCUT2D eigenvalue weighted by molar-refractivity contribution is -0.264. The van der Waals surface area contributed by atoms with E-state index in [4.69, 9.17) is 14.6 Å². The number of fused-ring (bicyclic) bond motifs is 13. The largest absolute Gasteiger partial charge is 0.481 e. The van der Waals surface area contributed by atoms with Crippen molar-refractivity contribution < 1.29 is 48.4 Å². The summed E-state index contributed by atoms with van der Waals surface area (Å²) in [6, 6.07) is 50.5. The lowest BCUT2D eigenvalue weighted by Gasteiger charge is -2.50. The van der Waals surface area contributed by atoms with Gasteiger partial charge in [-0.25, -0.2) is 4.39 Å². The van der Waals surface area contributed by atoms with Gasteiger partial charge >= 0.3 is 5.97 Å². The van der Waals surface area contributed by atoms with Crippen LogP contribution in [-0.2, 0) is 33.1 Å². The molecule has 84 heavy (non-hydrogen) atoms. The van der Waals surface area contributed by atoms with E-state index >= 15 is 0 Å². The van der Waals surface area contributed by atoms with E-state index in [1.54, 1.807) is 19.2 Å². The summed E-state index contributed by atoms with van der Waals surface area (Å²) in [6.45, 7) is 6.81. The number of methoxy groups -OCH3 is 1. The molecule has 1 fully saturated rings. The van der Waals surface area contributed by atoms with Crippen LogP contribution in [0, 0.1) is 5.82 Å². The standard InChI is InChI=1S/C35H30N4O4.C33H35FN2O5/c1-35-32(42-3)25(37(2)34(41)19-11-5-4-6-12-19)17-26(43-35)38-23-15-9-7-13-20(23)28-29-22(18-36-33(29)40)27-21-14-8-10-16-24(21)39(35)31(27)30(28)38;1-21(2)31-30(33(41)35-25-11-7-4-8-12-25)29(22-9-5-3-6-10-22)32(23-13-15-24(34)16-14-23)36(31)18-17-26(37)19-27(38)20-28(39)40/h4-16,25-26,32H,17-18H2,1-3H3,(H,36,40);3-16,21,26-27,37-38H,17-20H2,1-2H3,(H,35,41)(H,39,40)/t25-,26-,32-,35+;26-,27-/m11/s1. The molecule has 3 aliphatic heterocycles. The van der Waals surface area contributed by atoms with Crippen molar-refractivity contribution >= 4 is 73.0 Å². The molecular weight excluding hydrogens is 1060 g/mol. The number of rotatable bonds is 15. The molecule has 7 aromatic carbocycles. The third-order valence-corrected chi connectivity index (χ3v) is 17.0. The zero-order valence-electron chi connectivity index (χ0n) is 47.3. The van der Waals surface area contributed by atoms with E-state index < -0.39 is 42.7 Å². The lowest BCUT2D eigenvalue weighted by Crippen LogP contribution is -2.61. The number of likely N-dealkylation sites (N-methyl/N-ethyl adjacent to an activating group) is 1. The number of carboxylic acids is 1. The average molecular weight is 1130 g/mol. The predicted octanol–water partition coefficient (Wildman–Crippen LogP) is 12.2. The number of aliphatic hydroxyl groups excluding tert-OH is 2. The van der Waals surface area contributed by atoms with Crippen molar-refractivity contribution in [3.05, 3.63) is 198 Å². The summed E-state index contributed by atoms with van der Waals surface area (Å²) in [6.07, 6.45) is -2.89. The molecule has 0 unspecified atom stereocenters. The van der Waals surface area contributed by atoms with E-state index in [-0.39, 0.29) is 54.9 Å². The molecule has 3 aliphatic rings. The summed E-state index contributed by atoms with van der Waals surface area (Å²) < 4.78 is 34.1. The number of halogens is 1. The SMILES string of the molecule is CC(C)c1c(C(=O)Nc2ccccc2)c(-c2ccccc2)c(-c2ccc(F)cc2)n1CC[C@@H](O)C[C@@H](O)CC(=O)O.CO[C@@H]1[C@H](N(C)C(=O)c2ccccc2)C[C@H]2O[C@]1(C)n1c3ccccc3c3c4c(c5c6ccccc6n2c5c31)C(=O)NC4. The molecule has 428 valence electrons. The first-order valence-corrected chi connectivity index (χ1v) is 28.4. The minimum Gasteiger partial charge on any atom is -0.481 e. The molecule has 15 nitrogen and oxygen atoms in total. The highest BCUT2D eigenvalue weighted by Crippen LogP contribution is 2.54. The second-order valence-electron chi connectivity index (χ2n) is 22.5. The number of hydrogen-bond acceptors (Lipinski definition) is 8. The second kappa shape index (κ2) is 22.3. The number of ether oxygens (including phenoxy) is 2. The number of benzene rings is 7. The number of carbonyl (C=O) groups excluding carboxylic acids is 3. The molecule has 2 bridgehead atoms. The molecule has 0 saturated carbocycles. The minimum atomic E-state index is -1.18. The molecule has 10 aromatic rings. The van der Waals surface area contributed by atoms with E-state index in [9.17, 15) is 33.8 Å². The number of aliphatic carboxylic acids is 1. The summed E-state index contributed by atoms with van der Waals surface area (Å²) in [5.41, 5.74) is 10.2. The number of aliphatic hydroxyl groups is 2. The highest BCUT2D eigenvalue weighted by atomic mass is 19.1. The molecule has 16 heteroatoms. The van der Waals surface area contributed by atoms with Gasteiger partial charge in [0.2, 0.25) is 0 Å². The van der Waals surface area contributed by atoms with Crippen molar-refractivity contribution in [1.82, 2.24) is 23.9 Å². The Bertz CT molecular complexity index is 4180. The van der Waals surface area contributed by atoms with Crippen LogP contribution in [0.3, 0.4) is 0 Å². The highest BCUT2D eigenvalue weighted by molar-refractivity contribution is 6.31. The summed E-state index contributed by atoms with van der Waals surface area (Å²) in [5.74, 6) is -2.04. The smallest absolute Gasteiger partial charge is 0.305 e. The maximum atomic E-state index is 14.0. The Balaban J connectivity index is 0.000000166. The Morgan fingerprint density at radius 3 is 2.06 bits per heavy atom. The van der Waals surface area contributed by atoms with Crippen LogP contribution in [0.15, 0.2) is 164 Å². The van der Waals surface area contributed by atoms with E-state index in [0.29, 0.717) is 46.6 Å². The number of nitrogens with one attached hydrogen (secondary N) is 2. The van der Waals surface area contributed by atoms with Crippen molar-refractivity contribution in [1.29, 1.82) is 0 Å². The van der Waals surface area contributed by atoms with Gasteiger partial charge in [0, 0.05) is 77.7 Å². The fourth-order valence-corrected chi connectivity index (χ4v) is 13.5. The number of aromatic nitrogens is 3. The number of para-hydroxylation sites is 3. The third-order valence-electron chi connectivity index (χ3n) is 17.0. The molecule has 13 rings (SSSR count). The molecule has 3 amide bonds. The first-order valence-electron chi connectivity index (χ1n) is 28.4. The number of nitrogens with zero attached hydrogens (tertiary/aromatic N) is 4. The number of amides is 3. The molecule has 0 aliphatic carbocycles. The number of hydrogen-bond donors (Lipinski definition) is 5. The third kappa shape index (κ3) is 9.48. The molecular formula is C68H65FN6O9. The molecule has 6 heterocycles. The van der Waals surface area contributed by atoms with Crippen LogP contribution < -0.4 is 10.6 Å². The molecule has 5 N–H and O–H groups in total. The topological polar surface area (TPSA) is 190 Å². The highest BCUT2D eigenvalue weighted by Gasteiger charge is 2.55.